The average Bonchev–Trinajstić information content (AvgIpc) is 2.27. The number of carbonyl (C=O) groups is 2. The number of ether oxygens (including phenoxy) is 2. The topological polar surface area (TPSA) is 52.6 Å². The maximum atomic E-state index is 12.4. The zero-order valence-electron chi connectivity index (χ0n) is 11.0. The Morgan fingerprint density at radius 1 is 1.56 bits per heavy atom. The van der Waals surface area contributed by atoms with E-state index in [0.717, 1.165) is 4.48 Å². The number of hydrogen-bond donors (Lipinski definition) is 0. The third-order valence-corrected chi connectivity index (χ3v) is 13.8. The van der Waals surface area contributed by atoms with Crippen molar-refractivity contribution in [1.82, 2.24) is 0 Å². The Balaban J connectivity index is 2.60. The first-order valence-corrected chi connectivity index (χ1v) is 16.7. The molecule has 2 aliphatic heterocycles. The zero-order chi connectivity index (χ0) is 13.7. The molecule has 0 aromatic heterocycles. The van der Waals surface area contributed by atoms with Crippen molar-refractivity contribution in [2.24, 2.45) is 5.92 Å². The molecule has 3 aliphatic rings. The van der Waals surface area contributed by atoms with Crippen LogP contribution in [0.15, 0.2) is 10.6 Å². The van der Waals surface area contributed by atoms with Crippen molar-refractivity contribution in [3.63, 3.8) is 0 Å². The van der Waals surface area contributed by atoms with E-state index in [0.29, 0.717) is 6.42 Å². The molecule has 2 bridgehead atoms. The molecule has 18 heavy (non-hydrogen) atoms. The van der Waals surface area contributed by atoms with Gasteiger partial charge in [0.2, 0.25) is 0 Å². The predicted molar refractivity (Wildman–Crippen MR) is 73.1 cm³/mol. The van der Waals surface area contributed by atoms with Gasteiger partial charge in [0, 0.05) is 0 Å². The second-order valence-corrected chi connectivity index (χ2v) is 22.0. The second-order valence-electron chi connectivity index (χ2n) is 5.85. The van der Waals surface area contributed by atoms with Crippen LogP contribution in [0.5, 0.6) is 0 Å². The summed E-state index contributed by atoms with van der Waals surface area (Å²) < 4.78 is 10.5. The van der Waals surface area contributed by atoms with Crippen LogP contribution in [0.1, 0.15) is 6.42 Å². The van der Waals surface area contributed by atoms with Gasteiger partial charge in [-0.3, -0.25) is 0 Å². The van der Waals surface area contributed by atoms with Crippen molar-refractivity contribution in [1.29, 1.82) is 0 Å². The van der Waals surface area contributed by atoms with E-state index in [1.165, 1.54) is 7.11 Å². The van der Waals surface area contributed by atoms with Gasteiger partial charge in [0.25, 0.3) is 0 Å². The summed E-state index contributed by atoms with van der Waals surface area (Å²) in [4.78, 5) is 30.8. The number of fused-ring (bicyclic) bond motifs is 2. The van der Waals surface area contributed by atoms with Crippen LogP contribution in [0.2, 0.25) is 18.2 Å². The number of halogens is 1. The number of rotatable bonds is 2. The number of methoxy groups -OCH3 is 1. The fraction of sp³-hybridized carbons (Fsp3) is 0.667. The molecule has 0 spiro atoms. The van der Waals surface area contributed by atoms with Gasteiger partial charge in [0.1, 0.15) is 0 Å². The van der Waals surface area contributed by atoms with Crippen LogP contribution in [-0.2, 0) is 19.1 Å². The summed E-state index contributed by atoms with van der Waals surface area (Å²) in [6, 6.07) is 0. The molecule has 3 rings (SSSR count). The Morgan fingerprint density at radius 3 is 2.67 bits per heavy atom. The zero-order valence-corrected chi connectivity index (χ0v) is 15.4. The van der Waals surface area contributed by atoms with Crippen LogP contribution in [0.3, 0.4) is 0 Å². The molecule has 0 radical (unpaired) electrons. The SMILES string of the molecule is COC(=O)[C@H]1C[C@@H]2OC(=O)[C@@]1([Sn]([CH3])([CH3])[CH3])C=C2Br. The van der Waals surface area contributed by atoms with Crippen LogP contribution in [0.4, 0.5) is 0 Å². The molecule has 3 atom stereocenters. The molecule has 0 N–H and O–H groups in total. The Hall–Kier alpha value is -0.0413. The summed E-state index contributed by atoms with van der Waals surface area (Å²) in [6.45, 7) is 0. The first-order valence-electron chi connectivity index (χ1n) is 5.91. The summed E-state index contributed by atoms with van der Waals surface area (Å²) in [5.74, 6) is -0.911. The molecule has 0 aromatic rings. The molecule has 1 aliphatic carbocycles. The molecule has 0 unspecified atom stereocenters. The van der Waals surface area contributed by atoms with Crippen molar-refractivity contribution in [3.8, 4) is 0 Å². The van der Waals surface area contributed by atoms with Crippen LogP contribution in [0.25, 0.3) is 0 Å². The Morgan fingerprint density at radius 2 is 2.17 bits per heavy atom. The molecule has 2 heterocycles. The molecule has 1 fully saturated rings. The fourth-order valence-electron chi connectivity index (χ4n) is 2.93. The molecule has 0 aromatic carbocycles. The number of carbonyl (C=O) groups excluding carboxylic acids is 2. The standard InChI is InChI=1S/C9H8BrO4.3CH3.Sn/c1-13-8(11)5-3-7-6(10)2-4(5)9(12)14-7;;;;/h2,5,7H,3H2,1H3;3*1H3;/t5-,7-;;;;/m0..../s1. The minimum atomic E-state index is -2.80. The normalized spacial score (nSPS) is 34.9. The van der Waals surface area contributed by atoms with Crippen LogP contribution < -0.4 is 0 Å². The van der Waals surface area contributed by atoms with Gasteiger partial charge in [0.05, 0.1) is 0 Å². The van der Waals surface area contributed by atoms with Crippen molar-refractivity contribution in [2.45, 2.75) is 30.8 Å². The van der Waals surface area contributed by atoms with Gasteiger partial charge in [-0.2, -0.15) is 0 Å². The van der Waals surface area contributed by atoms with E-state index in [9.17, 15) is 9.59 Å². The van der Waals surface area contributed by atoms with Crippen molar-refractivity contribution in [2.75, 3.05) is 7.11 Å². The van der Waals surface area contributed by atoms with Crippen LogP contribution in [-0.4, -0.2) is 43.5 Å². The van der Waals surface area contributed by atoms with Gasteiger partial charge < -0.3 is 0 Å². The van der Waals surface area contributed by atoms with Crippen molar-refractivity contribution in [3.05, 3.63) is 10.6 Å². The van der Waals surface area contributed by atoms with Crippen LogP contribution in [0, 0.1) is 5.92 Å². The van der Waals surface area contributed by atoms with Crippen molar-refractivity contribution < 1.29 is 19.1 Å². The fourth-order valence-corrected chi connectivity index (χ4v) is 11.4. The molecule has 4 nitrogen and oxygen atoms in total. The van der Waals surface area contributed by atoms with Gasteiger partial charge in [-0.1, -0.05) is 0 Å². The Labute approximate surface area is 119 Å². The summed E-state index contributed by atoms with van der Waals surface area (Å²) in [6.07, 6.45) is 2.14. The molecule has 0 saturated carbocycles. The van der Waals surface area contributed by atoms with Crippen molar-refractivity contribution >= 4 is 46.2 Å². The maximum absolute atomic E-state index is 12.4. The summed E-state index contributed by atoms with van der Waals surface area (Å²) in [5, 5.41) is 0. The van der Waals surface area contributed by atoms with E-state index in [1.54, 1.807) is 0 Å². The van der Waals surface area contributed by atoms with Gasteiger partial charge >= 0.3 is 120 Å². The van der Waals surface area contributed by atoms with Gasteiger partial charge in [-0.05, 0) is 0 Å². The molecular weight excluding hydrogens is 407 g/mol. The second kappa shape index (κ2) is 4.51. The first kappa shape index (κ1) is 14.4. The quantitative estimate of drug-likeness (QED) is 0.506. The molecule has 1 saturated heterocycles. The van der Waals surface area contributed by atoms with Gasteiger partial charge in [-0.25, -0.2) is 0 Å². The molecule has 100 valence electrons. The minimum absolute atomic E-state index is 0.236. The monoisotopic (exact) mass is 424 g/mol. The third kappa shape index (κ3) is 1.85. The van der Waals surface area contributed by atoms with E-state index in [2.05, 4.69) is 30.7 Å². The van der Waals surface area contributed by atoms with E-state index in [4.69, 9.17) is 9.47 Å². The summed E-state index contributed by atoms with van der Waals surface area (Å²) in [5.41, 5.74) is 0. The molecular formula is C12H17BrO4Sn. The number of esters is 2. The Kier molecular flexibility index (Phi) is 3.60. The van der Waals surface area contributed by atoms with Gasteiger partial charge in [0.15, 0.2) is 0 Å². The molecule has 6 heteroatoms. The van der Waals surface area contributed by atoms with Crippen LogP contribution >= 0.6 is 15.9 Å². The predicted octanol–water partition coefficient (Wildman–Crippen LogP) is 2.46. The van der Waals surface area contributed by atoms with E-state index < -0.39 is 21.8 Å². The summed E-state index contributed by atoms with van der Waals surface area (Å²) in [7, 11) is 1.38. The van der Waals surface area contributed by atoms with E-state index >= 15 is 0 Å². The molecule has 0 amide bonds. The van der Waals surface area contributed by atoms with E-state index in [-0.39, 0.29) is 24.0 Å². The van der Waals surface area contributed by atoms with E-state index in [1.807, 2.05) is 6.08 Å². The summed E-state index contributed by atoms with van der Waals surface area (Å²) >= 11 is 0.661. The average molecular weight is 424 g/mol. The number of hydrogen-bond acceptors (Lipinski definition) is 4. The first-order chi connectivity index (χ1) is 8.24. The van der Waals surface area contributed by atoms with Gasteiger partial charge in [-0.15, -0.1) is 0 Å². The third-order valence-electron chi connectivity index (χ3n) is 3.99. The Bertz CT molecular complexity index is 440.